The largest absolute Gasteiger partial charge is 0.491 e. The van der Waals surface area contributed by atoms with Crippen LogP contribution in [-0.4, -0.2) is 68.6 Å². The van der Waals surface area contributed by atoms with Gasteiger partial charge in [-0.2, -0.15) is 13.8 Å². The number of aliphatic hydroxyl groups is 1. The normalized spacial score (nSPS) is 13.3. The molecule has 0 saturated carbocycles. The first-order valence-electron chi connectivity index (χ1n) is 9.16. The summed E-state index contributed by atoms with van der Waals surface area (Å²) in [5.74, 6) is 0.361. The third kappa shape index (κ3) is 5.90. The third-order valence-electron chi connectivity index (χ3n) is 4.54. The zero-order chi connectivity index (χ0) is 22.3. The van der Waals surface area contributed by atoms with Gasteiger partial charge in [-0.05, 0) is 32.1 Å². The molecule has 0 aliphatic carbocycles. The number of methoxy groups -OCH3 is 3. The average molecular weight is 427 g/mol. The van der Waals surface area contributed by atoms with E-state index in [2.05, 4.69) is 14.7 Å². The molecule has 0 saturated heterocycles. The van der Waals surface area contributed by atoms with Crippen LogP contribution in [0.25, 0.3) is 0 Å². The molecule has 0 radical (unpaired) electrons. The lowest BCUT2D eigenvalue weighted by molar-refractivity contribution is -0.0536. The molecule has 166 valence electrons. The van der Waals surface area contributed by atoms with Gasteiger partial charge in [0.05, 0.1) is 26.9 Å². The number of rotatable bonds is 11. The smallest absolute Gasteiger partial charge is 0.388 e. The summed E-state index contributed by atoms with van der Waals surface area (Å²) in [6.07, 6.45) is 1.93. The van der Waals surface area contributed by atoms with Crippen LogP contribution in [0.2, 0.25) is 0 Å². The quantitative estimate of drug-likeness (QED) is 0.586. The van der Waals surface area contributed by atoms with E-state index in [1.165, 1.54) is 33.5 Å². The van der Waals surface area contributed by atoms with Gasteiger partial charge in [-0.1, -0.05) is 0 Å². The number of nitrogens with zero attached hydrogens (tertiary/aromatic N) is 3. The molecule has 2 aromatic heterocycles. The minimum absolute atomic E-state index is 0.0469. The molecule has 1 atom stereocenters. The summed E-state index contributed by atoms with van der Waals surface area (Å²) in [5, 5.41) is 11.7. The minimum atomic E-state index is -3.06. The molecule has 2 heterocycles. The van der Waals surface area contributed by atoms with E-state index in [4.69, 9.17) is 14.2 Å². The molecule has 0 amide bonds. The standard InChI is InChI=1S/C20H27F2N3O5/c1-25(2)9-7-20(26,12-13-6-8-23-18(29-5)17(13)28-4)14-10-15(27-3)24-16(11-14)30-19(21)22/h6,8,10-11,19,26H,7,9,12H2,1-5H3. The highest BCUT2D eigenvalue weighted by atomic mass is 19.3. The fraction of sp³-hybridized carbons (Fsp3) is 0.500. The van der Waals surface area contributed by atoms with E-state index >= 15 is 0 Å². The highest BCUT2D eigenvalue weighted by molar-refractivity contribution is 5.44. The molecule has 0 spiro atoms. The SMILES string of the molecule is COc1cc(C(O)(CCN(C)C)Cc2ccnc(OC)c2OC)cc(OC(F)F)n1. The minimum Gasteiger partial charge on any atom is -0.491 e. The predicted octanol–water partition coefficient (Wildman–Crippen LogP) is 2.49. The predicted molar refractivity (Wildman–Crippen MR) is 106 cm³/mol. The number of hydrogen-bond donors (Lipinski definition) is 1. The van der Waals surface area contributed by atoms with E-state index in [-0.39, 0.29) is 30.5 Å². The number of aromatic nitrogens is 2. The maximum Gasteiger partial charge on any atom is 0.388 e. The molecule has 0 aromatic carbocycles. The van der Waals surface area contributed by atoms with Gasteiger partial charge in [-0.25, -0.2) is 4.98 Å². The van der Waals surface area contributed by atoms with Crippen LogP contribution in [-0.2, 0) is 12.0 Å². The van der Waals surface area contributed by atoms with Gasteiger partial charge in [0.25, 0.3) is 5.88 Å². The molecule has 1 unspecified atom stereocenters. The Hall–Kier alpha value is -2.72. The molecule has 2 aromatic rings. The molecule has 10 heteroatoms. The van der Waals surface area contributed by atoms with Gasteiger partial charge >= 0.3 is 6.61 Å². The first kappa shape index (κ1) is 23.6. The first-order valence-corrected chi connectivity index (χ1v) is 9.16. The number of hydrogen-bond acceptors (Lipinski definition) is 8. The monoisotopic (exact) mass is 427 g/mol. The second kappa shape index (κ2) is 10.4. The molecule has 8 nitrogen and oxygen atoms in total. The van der Waals surface area contributed by atoms with Crippen molar-refractivity contribution in [2.75, 3.05) is 42.0 Å². The van der Waals surface area contributed by atoms with E-state index in [1.807, 2.05) is 19.0 Å². The summed E-state index contributed by atoms with van der Waals surface area (Å²) in [6, 6.07) is 4.49. The summed E-state index contributed by atoms with van der Waals surface area (Å²) in [5.41, 5.74) is -0.511. The Morgan fingerprint density at radius 1 is 1.10 bits per heavy atom. The Bertz CT molecular complexity index is 838. The van der Waals surface area contributed by atoms with Crippen molar-refractivity contribution in [3.63, 3.8) is 0 Å². The Morgan fingerprint density at radius 2 is 1.80 bits per heavy atom. The van der Waals surface area contributed by atoms with Crippen LogP contribution in [0, 0.1) is 0 Å². The molecular weight excluding hydrogens is 400 g/mol. The average Bonchev–Trinajstić information content (AvgIpc) is 2.71. The Kier molecular flexibility index (Phi) is 8.13. The second-order valence-corrected chi connectivity index (χ2v) is 6.89. The summed E-state index contributed by atoms with van der Waals surface area (Å²) < 4.78 is 45.7. The second-order valence-electron chi connectivity index (χ2n) is 6.89. The molecule has 0 aliphatic rings. The molecule has 1 N–H and O–H groups in total. The van der Waals surface area contributed by atoms with Crippen LogP contribution in [0.4, 0.5) is 8.78 Å². The van der Waals surface area contributed by atoms with Gasteiger partial charge in [0.2, 0.25) is 11.8 Å². The molecule has 0 bridgehead atoms. The van der Waals surface area contributed by atoms with Crippen LogP contribution in [0.3, 0.4) is 0 Å². The van der Waals surface area contributed by atoms with Crippen LogP contribution in [0.15, 0.2) is 24.4 Å². The van der Waals surface area contributed by atoms with E-state index in [0.717, 1.165) is 0 Å². The van der Waals surface area contributed by atoms with E-state index in [9.17, 15) is 13.9 Å². The maximum absolute atomic E-state index is 12.8. The van der Waals surface area contributed by atoms with Crippen LogP contribution < -0.4 is 18.9 Å². The van der Waals surface area contributed by atoms with E-state index in [1.54, 1.807) is 12.3 Å². The van der Waals surface area contributed by atoms with Crippen molar-refractivity contribution in [3.8, 4) is 23.4 Å². The summed E-state index contributed by atoms with van der Waals surface area (Å²) >= 11 is 0. The van der Waals surface area contributed by atoms with Gasteiger partial charge in [0.15, 0.2) is 5.75 Å². The van der Waals surface area contributed by atoms with Gasteiger partial charge in [-0.15, -0.1) is 0 Å². The maximum atomic E-state index is 12.8. The molecule has 30 heavy (non-hydrogen) atoms. The van der Waals surface area contributed by atoms with Gasteiger partial charge < -0.3 is 29.0 Å². The van der Waals surface area contributed by atoms with Crippen LogP contribution in [0.5, 0.6) is 23.4 Å². The van der Waals surface area contributed by atoms with E-state index in [0.29, 0.717) is 23.4 Å². The van der Waals surface area contributed by atoms with Crippen molar-refractivity contribution in [2.45, 2.75) is 25.1 Å². The Labute approximate surface area is 174 Å². The number of pyridine rings is 2. The van der Waals surface area contributed by atoms with Crippen LogP contribution >= 0.6 is 0 Å². The lowest BCUT2D eigenvalue weighted by Gasteiger charge is -2.31. The fourth-order valence-corrected chi connectivity index (χ4v) is 3.03. The molecule has 0 aliphatic heterocycles. The van der Waals surface area contributed by atoms with Crippen molar-refractivity contribution in [3.05, 3.63) is 35.5 Å². The number of alkyl halides is 2. The number of ether oxygens (including phenoxy) is 4. The Morgan fingerprint density at radius 3 is 2.37 bits per heavy atom. The fourth-order valence-electron chi connectivity index (χ4n) is 3.03. The Balaban J connectivity index is 2.54. The van der Waals surface area contributed by atoms with Crippen molar-refractivity contribution in [1.29, 1.82) is 0 Å². The van der Waals surface area contributed by atoms with Gasteiger partial charge in [-0.3, -0.25) is 0 Å². The highest BCUT2D eigenvalue weighted by Gasteiger charge is 2.33. The van der Waals surface area contributed by atoms with Crippen molar-refractivity contribution < 1.29 is 32.8 Å². The summed E-state index contributed by atoms with van der Waals surface area (Å²) in [7, 11) is 8.04. The summed E-state index contributed by atoms with van der Waals surface area (Å²) in [6.45, 7) is -2.53. The van der Waals surface area contributed by atoms with Crippen LogP contribution in [0.1, 0.15) is 17.5 Å². The zero-order valence-electron chi connectivity index (χ0n) is 17.7. The zero-order valence-corrected chi connectivity index (χ0v) is 17.7. The molecular formula is C20H27F2N3O5. The summed E-state index contributed by atoms with van der Waals surface area (Å²) in [4.78, 5) is 9.88. The van der Waals surface area contributed by atoms with E-state index < -0.39 is 12.2 Å². The van der Waals surface area contributed by atoms with Gasteiger partial charge in [0, 0.05) is 36.9 Å². The first-order chi connectivity index (χ1) is 14.2. The highest BCUT2D eigenvalue weighted by Crippen LogP contribution is 2.38. The van der Waals surface area contributed by atoms with Crippen molar-refractivity contribution in [1.82, 2.24) is 14.9 Å². The van der Waals surface area contributed by atoms with Crippen molar-refractivity contribution >= 4 is 0 Å². The molecule has 2 rings (SSSR count). The lowest BCUT2D eigenvalue weighted by Crippen LogP contribution is -2.33. The number of halogens is 2. The van der Waals surface area contributed by atoms with Gasteiger partial charge in [0.1, 0.15) is 0 Å². The third-order valence-corrected chi connectivity index (χ3v) is 4.54. The lowest BCUT2D eigenvalue weighted by atomic mass is 9.84. The molecule has 0 fully saturated rings. The van der Waals surface area contributed by atoms with Crippen molar-refractivity contribution in [2.24, 2.45) is 0 Å². The topological polar surface area (TPSA) is 86.2 Å².